The number of amidine groups is 1. The second-order valence-electron chi connectivity index (χ2n) is 22.4. The molecule has 0 unspecified atom stereocenters. The van der Waals surface area contributed by atoms with Crippen molar-refractivity contribution in [2.24, 2.45) is 16.6 Å². The monoisotopic (exact) mass is 1280 g/mol. The van der Waals surface area contributed by atoms with E-state index in [1.165, 1.54) is 28.6 Å². The topological polar surface area (TPSA) is 325 Å². The molecule has 5 atom stereocenters. The van der Waals surface area contributed by atoms with Crippen LogP contribution in [0, 0.1) is 5.92 Å². The van der Waals surface area contributed by atoms with Crippen LogP contribution in [0.4, 0.5) is 21.0 Å². The van der Waals surface area contributed by atoms with Crippen molar-refractivity contribution in [3.63, 3.8) is 0 Å². The van der Waals surface area contributed by atoms with Crippen LogP contribution in [0.5, 0.6) is 5.75 Å². The number of sulfonamides is 1. The highest BCUT2D eigenvalue weighted by molar-refractivity contribution is 7.89. The van der Waals surface area contributed by atoms with Crippen molar-refractivity contribution in [2.75, 3.05) is 58.3 Å². The van der Waals surface area contributed by atoms with Crippen molar-refractivity contribution in [1.82, 2.24) is 19.8 Å². The van der Waals surface area contributed by atoms with E-state index in [1.54, 1.807) is 18.2 Å². The number of carbonyl (C=O) groups is 8. The number of carbonyl (C=O) groups excluding carboxylic acids is 8. The molecular weight excluding hydrogens is 1210 g/mol. The minimum Gasteiger partial charge on any atom is -0.467 e. The van der Waals surface area contributed by atoms with E-state index >= 15 is 0 Å². The third-order valence-electron chi connectivity index (χ3n) is 15.5. The molecule has 1 aliphatic carbocycles. The number of nitrogens with zero attached hydrogens (tertiary/aromatic N) is 3. The summed E-state index contributed by atoms with van der Waals surface area (Å²) in [6.45, 7) is 8.12. The van der Waals surface area contributed by atoms with Crippen LogP contribution in [-0.4, -0.2) is 155 Å². The lowest BCUT2D eigenvalue weighted by Gasteiger charge is -2.43. The van der Waals surface area contributed by atoms with Crippen molar-refractivity contribution >= 4 is 81.2 Å². The van der Waals surface area contributed by atoms with E-state index in [-0.39, 0.29) is 92.1 Å². The van der Waals surface area contributed by atoms with Crippen molar-refractivity contribution in [1.29, 1.82) is 0 Å². The molecule has 486 valence electrons. The molecule has 5 N–H and O–H groups in total. The Balaban J connectivity index is 0.839. The number of anilines is 1. The number of methoxy groups -OCH3 is 1. The number of nitrogens with one attached hydrogen (secondary N) is 3. The van der Waals surface area contributed by atoms with Crippen molar-refractivity contribution in [2.45, 2.75) is 108 Å². The Morgan fingerprint density at radius 3 is 2.03 bits per heavy atom. The van der Waals surface area contributed by atoms with Gasteiger partial charge in [-0.3, -0.25) is 24.0 Å². The second kappa shape index (κ2) is 30.0. The maximum absolute atomic E-state index is 14.0. The number of esters is 4. The van der Waals surface area contributed by atoms with Crippen LogP contribution in [0.3, 0.4) is 0 Å². The zero-order valence-corrected chi connectivity index (χ0v) is 52.5. The molecule has 0 radical (unpaired) electrons. The van der Waals surface area contributed by atoms with Crippen LogP contribution >= 0.6 is 0 Å². The first-order chi connectivity index (χ1) is 44.1. The van der Waals surface area contributed by atoms with Gasteiger partial charge in [0.15, 0.2) is 18.3 Å². The first kappa shape index (κ1) is 66.8. The van der Waals surface area contributed by atoms with E-state index in [9.17, 15) is 46.8 Å². The highest BCUT2D eigenvalue weighted by Gasteiger charge is 2.56. The average Bonchev–Trinajstić information content (AvgIpc) is 1.36. The molecule has 9 rings (SSSR count). The van der Waals surface area contributed by atoms with Gasteiger partial charge < -0.3 is 64.5 Å². The van der Waals surface area contributed by atoms with Crippen molar-refractivity contribution in [3.8, 4) is 28.0 Å². The van der Waals surface area contributed by atoms with E-state index in [0.717, 1.165) is 63.0 Å². The Kier molecular flexibility index (Phi) is 21.7. The summed E-state index contributed by atoms with van der Waals surface area (Å²) in [5.74, 6) is -4.96. The molecule has 0 aromatic heterocycles. The van der Waals surface area contributed by atoms with Gasteiger partial charge in [0.1, 0.15) is 24.8 Å². The summed E-state index contributed by atoms with van der Waals surface area (Å²) in [4.78, 5) is 111. The summed E-state index contributed by atoms with van der Waals surface area (Å²) < 4.78 is 73.9. The fourth-order valence-electron chi connectivity index (χ4n) is 11.3. The predicted molar refractivity (Wildman–Crippen MR) is 334 cm³/mol. The molecule has 0 spiro atoms. The van der Waals surface area contributed by atoms with Gasteiger partial charge in [-0.05, 0) is 88.2 Å². The van der Waals surface area contributed by atoms with Gasteiger partial charge in [0, 0.05) is 95.9 Å². The third kappa shape index (κ3) is 16.1. The summed E-state index contributed by atoms with van der Waals surface area (Å²) in [6.07, 6.45) is -7.00. The lowest BCUT2D eigenvalue weighted by Crippen LogP contribution is -2.64. The smallest absolute Gasteiger partial charge is 0.407 e. The molecule has 0 saturated carbocycles. The van der Waals surface area contributed by atoms with Gasteiger partial charge in [-0.25, -0.2) is 27.8 Å². The molecule has 3 heterocycles. The van der Waals surface area contributed by atoms with E-state index < -0.39 is 82.7 Å². The summed E-state index contributed by atoms with van der Waals surface area (Å²) in [6, 6.07) is 31.9. The Bertz CT molecular complexity index is 3760. The number of aliphatic imine (C=N–C) groups is 1. The van der Waals surface area contributed by atoms with Gasteiger partial charge in [-0.2, -0.15) is 4.31 Å². The molecule has 5 aromatic carbocycles. The SMILES string of the molecule is CCCN(CCC)C(=O)C1=Cc2ccc(-c3cccc(S(=O)(=O)N4CC(CNC(=O)OCc5ccc(O[C@H]6O[C@@H](C(=O)OC)[C@H](OC(C)=O)[C@@H](OC(C)=O)[C@@H]6OC(C)=O)c(NC(=O)CCNC(=O)OCC6c7ccccc7-c7ccccc76)c5)C4)c3)cc2N=C(N)C1. The highest BCUT2D eigenvalue weighted by atomic mass is 32.2. The molecular formula is C66H73N7O18S. The Morgan fingerprint density at radius 1 is 0.728 bits per heavy atom. The highest BCUT2D eigenvalue weighted by Crippen LogP contribution is 2.45. The zero-order valence-electron chi connectivity index (χ0n) is 51.7. The molecule has 2 saturated heterocycles. The van der Waals surface area contributed by atoms with Gasteiger partial charge in [-0.15, -0.1) is 0 Å². The molecule has 0 bridgehead atoms. The van der Waals surface area contributed by atoms with Crippen molar-refractivity contribution < 1.29 is 84.7 Å². The number of benzene rings is 5. The predicted octanol–water partition coefficient (Wildman–Crippen LogP) is 7.26. The number of fused-ring (bicyclic) bond motifs is 4. The van der Waals surface area contributed by atoms with E-state index in [2.05, 4.69) is 20.9 Å². The quantitative estimate of drug-likeness (QED) is 0.0349. The molecule has 2 fully saturated rings. The van der Waals surface area contributed by atoms with E-state index in [0.29, 0.717) is 46.6 Å². The second-order valence-corrected chi connectivity index (χ2v) is 24.3. The fourth-order valence-corrected chi connectivity index (χ4v) is 13.0. The lowest BCUT2D eigenvalue weighted by molar-refractivity contribution is -0.282. The molecule has 5 aromatic rings. The normalized spacial score (nSPS) is 18.5. The van der Waals surface area contributed by atoms with Crippen LogP contribution in [0.2, 0.25) is 0 Å². The van der Waals surface area contributed by atoms with Gasteiger partial charge in [0.25, 0.3) is 0 Å². The molecule has 4 aliphatic rings. The van der Waals surface area contributed by atoms with E-state index in [1.807, 2.05) is 91.6 Å². The molecule has 26 heteroatoms. The summed E-state index contributed by atoms with van der Waals surface area (Å²) in [5.41, 5.74) is 13.8. The van der Waals surface area contributed by atoms with Crippen LogP contribution < -0.4 is 26.4 Å². The lowest BCUT2D eigenvalue weighted by atomic mass is 9.97. The standard InChI is InChI=1S/C66H73N7O18S/c1-7-26-72(27-8-2)62(78)46-29-45-22-21-44(31-53(45)70-56(67)32-46)43-14-13-15-47(30-43)92(82,83)73-34-42(35-73)33-69-66(81)85-36-41-20-23-55(90-64-61(89-40(5)76)59(88-39(4)75)58(87-38(3)74)60(91-64)63(79)84-6)54(28-41)71-57(77)24-25-68-65(80)86-37-52-50-18-11-9-16-48(50)49-17-10-12-19-51(49)52/h9-23,28-31,42,52,58-61,64H,7-8,24-27,32-37H2,1-6H3,(H2,67,70)(H,68,80)(H,69,81)(H,71,77)/t58-,59-,60-,61+,64+/m1/s1. The number of hydrogen-bond donors (Lipinski definition) is 4. The Labute approximate surface area is 531 Å². The summed E-state index contributed by atoms with van der Waals surface area (Å²) in [5, 5.41) is 7.98. The number of hydrogen-bond acceptors (Lipinski definition) is 20. The minimum atomic E-state index is -3.97. The van der Waals surface area contributed by atoms with Gasteiger partial charge in [0.2, 0.25) is 34.2 Å². The molecule has 3 aliphatic heterocycles. The Hall–Kier alpha value is -9.66. The first-order valence-corrected chi connectivity index (χ1v) is 31.5. The largest absolute Gasteiger partial charge is 0.467 e. The van der Waals surface area contributed by atoms with Gasteiger partial charge in [0.05, 0.1) is 23.4 Å². The van der Waals surface area contributed by atoms with Crippen LogP contribution in [-0.2, 0) is 78.6 Å². The Morgan fingerprint density at radius 2 is 1.37 bits per heavy atom. The number of ether oxygens (including phenoxy) is 8. The van der Waals surface area contributed by atoms with Gasteiger partial charge >= 0.3 is 36.1 Å². The molecule has 25 nitrogen and oxygen atoms in total. The number of rotatable bonds is 24. The minimum absolute atomic E-state index is 0.0320. The average molecular weight is 1280 g/mol. The summed E-state index contributed by atoms with van der Waals surface area (Å²) >= 11 is 0. The number of amides is 4. The molecule has 92 heavy (non-hydrogen) atoms. The van der Waals surface area contributed by atoms with Crippen molar-refractivity contribution in [3.05, 3.63) is 137 Å². The zero-order chi connectivity index (χ0) is 65.8. The number of alkyl carbamates (subject to hydrolysis) is 2. The maximum atomic E-state index is 14.0. The third-order valence-corrected chi connectivity index (χ3v) is 17.4. The van der Waals surface area contributed by atoms with Crippen LogP contribution in [0.25, 0.3) is 28.3 Å². The molecule has 4 amide bonds. The fraction of sp³-hybridized carbons (Fsp3) is 0.379. The summed E-state index contributed by atoms with van der Waals surface area (Å²) in [7, 11) is -2.94. The van der Waals surface area contributed by atoms with Gasteiger partial charge in [-0.1, -0.05) is 92.7 Å². The van der Waals surface area contributed by atoms with Crippen LogP contribution in [0.1, 0.15) is 88.5 Å². The maximum Gasteiger partial charge on any atom is 0.407 e. The first-order valence-electron chi connectivity index (χ1n) is 30.1. The van der Waals surface area contributed by atoms with E-state index in [4.69, 9.17) is 43.6 Å². The number of nitrogens with two attached hydrogens (primary N) is 1. The van der Waals surface area contributed by atoms with Crippen LogP contribution in [0.15, 0.2) is 125 Å².